The quantitative estimate of drug-likeness (QED) is 0.913. The maximum absolute atomic E-state index is 12.2. The molecule has 3 unspecified atom stereocenters. The maximum atomic E-state index is 12.2. The zero-order valence-corrected chi connectivity index (χ0v) is 13.3. The Labute approximate surface area is 139 Å². The van der Waals surface area contributed by atoms with Crippen LogP contribution in [0.2, 0.25) is 0 Å². The molecule has 0 bridgehead atoms. The molecule has 1 aromatic heterocycles. The van der Waals surface area contributed by atoms with Gasteiger partial charge >= 0.3 is 6.09 Å². The Morgan fingerprint density at radius 3 is 2.88 bits per heavy atom. The minimum absolute atomic E-state index is 0.0648. The Bertz CT molecular complexity index is 760. The molecule has 1 N–H and O–H groups in total. The lowest BCUT2D eigenvalue weighted by molar-refractivity contribution is 0.178. The molecule has 3 aliphatic rings. The number of nitrogens with zero attached hydrogens (tertiary/aromatic N) is 4. The maximum Gasteiger partial charge on any atom is 0.414 e. The standard InChI is InChI=1S/C17H19N5O2/c23-16-22(15(10-24-16)9-21-6-5-19-20-21)14-3-1-12(2-4-14)17-7-13(17)8-18-11-17/h1-6,13,15,18H,7-11H2. The summed E-state index contributed by atoms with van der Waals surface area (Å²) in [5.41, 5.74) is 2.59. The smallest absolute Gasteiger partial charge is 0.414 e. The summed E-state index contributed by atoms with van der Waals surface area (Å²) >= 11 is 0. The van der Waals surface area contributed by atoms with Crippen LogP contribution in [0, 0.1) is 5.92 Å². The Hall–Kier alpha value is -2.41. The normalized spacial score (nSPS) is 31.2. The van der Waals surface area contributed by atoms with Crippen LogP contribution in [0.1, 0.15) is 12.0 Å². The molecule has 2 saturated heterocycles. The molecule has 0 radical (unpaired) electrons. The van der Waals surface area contributed by atoms with Gasteiger partial charge in [0.2, 0.25) is 0 Å². The van der Waals surface area contributed by atoms with Gasteiger partial charge in [-0.05, 0) is 36.6 Å². The SMILES string of the molecule is O=C1OCC(Cn2ccnn2)N1c1ccc(C23CNCC2C3)cc1. The molecule has 3 heterocycles. The first-order valence-electron chi connectivity index (χ1n) is 8.38. The van der Waals surface area contributed by atoms with E-state index < -0.39 is 0 Å². The van der Waals surface area contributed by atoms with Gasteiger partial charge in [0, 0.05) is 23.8 Å². The van der Waals surface area contributed by atoms with Crippen LogP contribution in [0.5, 0.6) is 0 Å². The number of aromatic nitrogens is 3. The average Bonchev–Trinajstić information content (AvgIpc) is 3.01. The number of cyclic esters (lactones) is 1. The second-order valence-corrected chi connectivity index (χ2v) is 6.96. The zero-order chi connectivity index (χ0) is 16.1. The predicted octanol–water partition coefficient (Wildman–Crippen LogP) is 1.16. The Morgan fingerprint density at radius 1 is 1.33 bits per heavy atom. The van der Waals surface area contributed by atoms with E-state index in [0.717, 1.165) is 24.7 Å². The van der Waals surface area contributed by atoms with Gasteiger partial charge in [0.1, 0.15) is 6.61 Å². The summed E-state index contributed by atoms with van der Waals surface area (Å²) in [4.78, 5) is 13.9. The summed E-state index contributed by atoms with van der Waals surface area (Å²) < 4.78 is 6.98. The van der Waals surface area contributed by atoms with Crippen LogP contribution in [-0.4, -0.2) is 46.8 Å². The molecule has 3 atom stereocenters. The number of ether oxygens (including phenoxy) is 1. The first-order valence-corrected chi connectivity index (χ1v) is 8.38. The fraction of sp³-hybridized carbons (Fsp3) is 0.471. The molecule has 1 aromatic carbocycles. The molecule has 124 valence electrons. The van der Waals surface area contributed by atoms with Crippen molar-refractivity contribution in [3.8, 4) is 0 Å². The van der Waals surface area contributed by atoms with Crippen LogP contribution in [0.4, 0.5) is 10.5 Å². The van der Waals surface area contributed by atoms with Crippen molar-refractivity contribution in [2.75, 3.05) is 24.6 Å². The molecule has 0 spiro atoms. The summed E-state index contributed by atoms with van der Waals surface area (Å²) in [6, 6.07) is 8.35. The summed E-state index contributed by atoms with van der Waals surface area (Å²) in [6.45, 7) is 3.14. The fourth-order valence-corrected chi connectivity index (χ4v) is 4.20. The first kappa shape index (κ1) is 14.0. The molecule has 5 rings (SSSR count). The van der Waals surface area contributed by atoms with Crippen molar-refractivity contribution in [2.24, 2.45) is 5.92 Å². The zero-order valence-electron chi connectivity index (χ0n) is 13.3. The third-order valence-electron chi connectivity index (χ3n) is 5.61. The lowest BCUT2D eigenvalue weighted by atomic mass is 9.95. The highest BCUT2D eigenvalue weighted by atomic mass is 16.6. The minimum atomic E-state index is -0.294. The molecule has 1 amide bonds. The summed E-state index contributed by atoms with van der Waals surface area (Å²) in [7, 11) is 0. The van der Waals surface area contributed by atoms with Crippen LogP contribution in [-0.2, 0) is 16.7 Å². The van der Waals surface area contributed by atoms with Crippen LogP contribution in [0.15, 0.2) is 36.7 Å². The highest BCUT2D eigenvalue weighted by molar-refractivity contribution is 5.90. The van der Waals surface area contributed by atoms with E-state index in [0.29, 0.717) is 18.6 Å². The Morgan fingerprint density at radius 2 is 2.21 bits per heavy atom. The number of carbonyl (C=O) groups excluding carboxylic acids is 1. The van der Waals surface area contributed by atoms with Crippen molar-refractivity contribution >= 4 is 11.8 Å². The van der Waals surface area contributed by atoms with Gasteiger partial charge in [-0.25, -0.2) is 4.79 Å². The van der Waals surface area contributed by atoms with E-state index in [4.69, 9.17) is 4.74 Å². The number of nitrogens with one attached hydrogen (secondary N) is 1. The highest BCUT2D eigenvalue weighted by Gasteiger charge is 2.57. The summed E-state index contributed by atoms with van der Waals surface area (Å²) in [6.07, 6.45) is 4.42. The van der Waals surface area contributed by atoms with Gasteiger partial charge in [-0.2, -0.15) is 0 Å². The number of piperidine rings is 1. The first-order chi connectivity index (χ1) is 11.8. The monoisotopic (exact) mass is 325 g/mol. The van der Waals surface area contributed by atoms with E-state index in [1.165, 1.54) is 12.0 Å². The van der Waals surface area contributed by atoms with Gasteiger partial charge in [-0.15, -0.1) is 5.10 Å². The van der Waals surface area contributed by atoms with Gasteiger partial charge in [-0.3, -0.25) is 9.58 Å². The van der Waals surface area contributed by atoms with Gasteiger partial charge in [-0.1, -0.05) is 17.3 Å². The molecular formula is C17H19N5O2. The van der Waals surface area contributed by atoms with Crippen molar-refractivity contribution in [2.45, 2.75) is 24.4 Å². The molecular weight excluding hydrogens is 306 g/mol. The fourth-order valence-electron chi connectivity index (χ4n) is 4.20. The van der Waals surface area contributed by atoms with Crippen molar-refractivity contribution in [1.29, 1.82) is 0 Å². The predicted molar refractivity (Wildman–Crippen MR) is 86.7 cm³/mol. The van der Waals surface area contributed by atoms with E-state index in [9.17, 15) is 4.79 Å². The van der Waals surface area contributed by atoms with Crippen molar-refractivity contribution in [3.05, 3.63) is 42.2 Å². The third-order valence-corrected chi connectivity index (χ3v) is 5.61. The Balaban J connectivity index is 1.39. The average molecular weight is 325 g/mol. The largest absolute Gasteiger partial charge is 0.447 e. The van der Waals surface area contributed by atoms with E-state index >= 15 is 0 Å². The van der Waals surface area contributed by atoms with Crippen molar-refractivity contribution in [1.82, 2.24) is 20.3 Å². The topological polar surface area (TPSA) is 72.3 Å². The Kier molecular flexibility index (Phi) is 2.94. The number of hydrogen-bond acceptors (Lipinski definition) is 5. The molecule has 3 fully saturated rings. The van der Waals surface area contributed by atoms with Crippen LogP contribution >= 0.6 is 0 Å². The second kappa shape index (κ2) is 5.04. The van der Waals surface area contributed by atoms with Gasteiger partial charge in [0.25, 0.3) is 0 Å². The number of amides is 1. The second-order valence-electron chi connectivity index (χ2n) is 6.96. The summed E-state index contributed by atoms with van der Waals surface area (Å²) in [5, 5.41) is 11.3. The summed E-state index contributed by atoms with van der Waals surface area (Å²) in [5.74, 6) is 0.778. The molecule has 7 heteroatoms. The molecule has 24 heavy (non-hydrogen) atoms. The van der Waals surface area contributed by atoms with Gasteiger partial charge in [0.15, 0.2) is 0 Å². The van der Waals surface area contributed by atoms with E-state index in [1.54, 1.807) is 22.0 Å². The minimum Gasteiger partial charge on any atom is -0.447 e. The van der Waals surface area contributed by atoms with Crippen molar-refractivity contribution in [3.63, 3.8) is 0 Å². The number of fused-ring (bicyclic) bond motifs is 1. The third kappa shape index (κ3) is 2.04. The molecule has 2 aliphatic heterocycles. The van der Waals surface area contributed by atoms with Gasteiger partial charge in [0.05, 0.1) is 18.8 Å². The van der Waals surface area contributed by atoms with E-state index in [-0.39, 0.29) is 12.1 Å². The molecule has 1 aliphatic carbocycles. The number of benzene rings is 1. The molecule has 1 saturated carbocycles. The lowest BCUT2D eigenvalue weighted by Gasteiger charge is -2.22. The van der Waals surface area contributed by atoms with E-state index in [2.05, 4.69) is 27.8 Å². The highest BCUT2D eigenvalue weighted by Crippen LogP contribution is 2.56. The molecule has 7 nitrogen and oxygen atoms in total. The number of hydrogen-bond donors (Lipinski definition) is 1. The lowest BCUT2D eigenvalue weighted by Crippen LogP contribution is -2.36. The van der Waals surface area contributed by atoms with Crippen molar-refractivity contribution < 1.29 is 9.53 Å². The van der Waals surface area contributed by atoms with E-state index in [1.807, 2.05) is 12.1 Å². The van der Waals surface area contributed by atoms with Crippen LogP contribution in [0.3, 0.4) is 0 Å². The number of rotatable bonds is 4. The number of anilines is 1. The van der Waals surface area contributed by atoms with Crippen LogP contribution in [0.25, 0.3) is 0 Å². The van der Waals surface area contributed by atoms with Gasteiger partial charge < -0.3 is 10.1 Å². The molecule has 2 aromatic rings. The van der Waals surface area contributed by atoms with Crippen LogP contribution < -0.4 is 10.2 Å². The number of carbonyl (C=O) groups is 1.